The van der Waals surface area contributed by atoms with Gasteiger partial charge in [0.05, 0.1) is 0 Å². The van der Waals surface area contributed by atoms with E-state index in [1.165, 1.54) is 0 Å². The van der Waals surface area contributed by atoms with Crippen LogP contribution in [0.3, 0.4) is 0 Å². The van der Waals surface area contributed by atoms with Gasteiger partial charge in [0.1, 0.15) is 5.92 Å². The van der Waals surface area contributed by atoms with Crippen molar-refractivity contribution < 1.29 is 9.59 Å². The largest absolute Gasteiger partial charge is 0.351 e. The molecule has 146 valence electrons. The van der Waals surface area contributed by atoms with Crippen LogP contribution in [-0.2, 0) is 22.7 Å². The van der Waals surface area contributed by atoms with E-state index in [-0.39, 0.29) is 11.8 Å². The Bertz CT molecular complexity index is 825. The molecule has 0 bridgehead atoms. The lowest BCUT2D eigenvalue weighted by atomic mass is 10.0. The summed E-state index contributed by atoms with van der Waals surface area (Å²) in [6, 6.07) is 15.6. The SMILES string of the molecule is C=Cc1ccc(CNC(=O)C(CCC)C(=O)NCc2cccc(C=C)c2)cc1. The lowest BCUT2D eigenvalue weighted by Gasteiger charge is -2.16. The highest BCUT2D eigenvalue weighted by Crippen LogP contribution is 2.11. The van der Waals surface area contributed by atoms with Gasteiger partial charge in [0.25, 0.3) is 0 Å². The Morgan fingerprint density at radius 3 is 2.07 bits per heavy atom. The van der Waals surface area contributed by atoms with Crippen molar-refractivity contribution in [2.45, 2.75) is 32.9 Å². The molecule has 0 aliphatic carbocycles. The van der Waals surface area contributed by atoms with E-state index in [2.05, 4.69) is 23.8 Å². The summed E-state index contributed by atoms with van der Waals surface area (Å²) >= 11 is 0. The first-order chi connectivity index (χ1) is 13.6. The highest BCUT2D eigenvalue weighted by atomic mass is 16.2. The Morgan fingerprint density at radius 1 is 0.893 bits per heavy atom. The molecule has 0 saturated heterocycles. The Balaban J connectivity index is 1.93. The van der Waals surface area contributed by atoms with Crippen molar-refractivity contribution in [3.8, 4) is 0 Å². The van der Waals surface area contributed by atoms with Crippen LogP contribution in [0.5, 0.6) is 0 Å². The van der Waals surface area contributed by atoms with Crippen LogP contribution < -0.4 is 10.6 Å². The fourth-order valence-corrected chi connectivity index (χ4v) is 2.90. The van der Waals surface area contributed by atoms with Gasteiger partial charge in [-0.25, -0.2) is 0 Å². The lowest BCUT2D eigenvalue weighted by Crippen LogP contribution is -2.40. The maximum atomic E-state index is 12.6. The molecule has 0 radical (unpaired) electrons. The first-order valence-electron chi connectivity index (χ1n) is 9.55. The molecule has 0 saturated carbocycles. The third kappa shape index (κ3) is 6.23. The molecule has 0 aromatic heterocycles. The molecule has 0 fully saturated rings. The van der Waals surface area contributed by atoms with E-state index in [0.717, 1.165) is 28.7 Å². The van der Waals surface area contributed by atoms with Gasteiger partial charge in [-0.1, -0.05) is 81.1 Å². The monoisotopic (exact) mass is 376 g/mol. The maximum absolute atomic E-state index is 12.6. The zero-order valence-electron chi connectivity index (χ0n) is 16.4. The Hall–Kier alpha value is -3.14. The molecule has 2 aromatic carbocycles. The van der Waals surface area contributed by atoms with Crippen LogP contribution in [0.15, 0.2) is 61.7 Å². The van der Waals surface area contributed by atoms with E-state index in [1.807, 2.05) is 55.5 Å². The quantitative estimate of drug-likeness (QED) is 0.607. The molecule has 2 rings (SSSR count). The molecule has 4 nitrogen and oxygen atoms in total. The lowest BCUT2D eigenvalue weighted by molar-refractivity contribution is -0.135. The first kappa shape index (κ1) is 21.2. The molecular weight excluding hydrogens is 348 g/mol. The summed E-state index contributed by atoms with van der Waals surface area (Å²) in [6.07, 6.45) is 4.81. The number of hydrogen-bond acceptors (Lipinski definition) is 2. The van der Waals surface area contributed by atoms with Gasteiger partial charge < -0.3 is 10.6 Å². The van der Waals surface area contributed by atoms with Gasteiger partial charge in [0.2, 0.25) is 11.8 Å². The molecule has 2 N–H and O–H groups in total. The standard InChI is InChI=1S/C24H28N2O2/c1-4-8-22(23(27)25-16-20-13-11-18(5-2)12-14-20)24(28)26-17-21-10-7-9-19(6-3)15-21/h5-7,9-15,22H,2-4,8,16-17H2,1H3,(H,25,27)(H,26,28). The first-order valence-corrected chi connectivity index (χ1v) is 9.55. The summed E-state index contributed by atoms with van der Waals surface area (Å²) in [5.41, 5.74) is 3.98. The average molecular weight is 377 g/mol. The van der Waals surface area contributed by atoms with Gasteiger partial charge in [-0.15, -0.1) is 0 Å². The van der Waals surface area contributed by atoms with Crippen molar-refractivity contribution >= 4 is 24.0 Å². The molecule has 1 unspecified atom stereocenters. The predicted molar refractivity (Wildman–Crippen MR) is 115 cm³/mol. The minimum absolute atomic E-state index is 0.244. The fraction of sp³-hybridized carbons (Fsp3) is 0.250. The third-order valence-electron chi connectivity index (χ3n) is 4.55. The fourth-order valence-electron chi connectivity index (χ4n) is 2.90. The van der Waals surface area contributed by atoms with Gasteiger partial charge >= 0.3 is 0 Å². The van der Waals surface area contributed by atoms with Crippen LogP contribution in [0, 0.1) is 5.92 Å². The zero-order chi connectivity index (χ0) is 20.4. The van der Waals surface area contributed by atoms with Crippen LogP contribution in [0.1, 0.15) is 42.0 Å². The average Bonchev–Trinajstić information content (AvgIpc) is 2.74. The summed E-state index contributed by atoms with van der Waals surface area (Å²) in [5.74, 6) is -1.18. The van der Waals surface area contributed by atoms with Gasteiger partial charge in [0, 0.05) is 13.1 Å². The summed E-state index contributed by atoms with van der Waals surface area (Å²) in [6.45, 7) is 10.2. The second kappa shape index (κ2) is 10.9. The molecule has 1 atom stereocenters. The van der Waals surface area contributed by atoms with Crippen molar-refractivity contribution in [3.63, 3.8) is 0 Å². The number of amides is 2. The molecule has 2 amide bonds. The molecule has 2 aromatic rings. The van der Waals surface area contributed by atoms with Gasteiger partial charge in [-0.2, -0.15) is 0 Å². The van der Waals surface area contributed by atoms with Crippen molar-refractivity contribution in [3.05, 3.63) is 83.9 Å². The highest BCUT2D eigenvalue weighted by molar-refractivity contribution is 6.00. The van der Waals surface area contributed by atoms with Gasteiger partial charge in [-0.05, 0) is 34.7 Å². The second-order valence-electron chi connectivity index (χ2n) is 6.67. The Labute approximate surface area is 167 Å². The number of carbonyl (C=O) groups is 2. The van der Waals surface area contributed by atoms with Crippen LogP contribution in [-0.4, -0.2) is 11.8 Å². The van der Waals surface area contributed by atoms with E-state index in [4.69, 9.17) is 0 Å². The predicted octanol–water partition coefficient (Wildman–Crippen LogP) is 4.32. The topological polar surface area (TPSA) is 58.2 Å². The molecule has 0 aliphatic heterocycles. The molecule has 4 heteroatoms. The van der Waals surface area contributed by atoms with E-state index in [1.54, 1.807) is 12.2 Å². The van der Waals surface area contributed by atoms with E-state index in [9.17, 15) is 9.59 Å². The Morgan fingerprint density at radius 2 is 1.50 bits per heavy atom. The van der Waals surface area contributed by atoms with E-state index in [0.29, 0.717) is 19.5 Å². The highest BCUT2D eigenvalue weighted by Gasteiger charge is 2.25. The molecule has 0 heterocycles. The van der Waals surface area contributed by atoms with Crippen LogP contribution >= 0.6 is 0 Å². The number of benzene rings is 2. The van der Waals surface area contributed by atoms with Crippen molar-refractivity contribution in [2.75, 3.05) is 0 Å². The number of carbonyl (C=O) groups excluding carboxylic acids is 2. The van der Waals surface area contributed by atoms with Crippen LogP contribution in [0.25, 0.3) is 12.2 Å². The normalized spacial score (nSPS) is 11.3. The zero-order valence-corrected chi connectivity index (χ0v) is 16.4. The smallest absolute Gasteiger partial charge is 0.232 e. The maximum Gasteiger partial charge on any atom is 0.232 e. The van der Waals surface area contributed by atoms with Crippen molar-refractivity contribution in [2.24, 2.45) is 5.92 Å². The van der Waals surface area contributed by atoms with Gasteiger partial charge in [-0.3, -0.25) is 9.59 Å². The summed E-state index contributed by atoms with van der Waals surface area (Å²) in [5, 5.41) is 5.76. The molecule has 0 aliphatic rings. The molecule has 28 heavy (non-hydrogen) atoms. The van der Waals surface area contributed by atoms with Crippen LogP contribution in [0.4, 0.5) is 0 Å². The number of rotatable bonds is 10. The van der Waals surface area contributed by atoms with Crippen LogP contribution in [0.2, 0.25) is 0 Å². The van der Waals surface area contributed by atoms with Crippen molar-refractivity contribution in [1.29, 1.82) is 0 Å². The minimum Gasteiger partial charge on any atom is -0.351 e. The number of hydrogen-bond donors (Lipinski definition) is 2. The molecular formula is C24H28N2O2. The van der Waals surface area contributed by atoms with Gasteiger partial charge in [0.15, 0.2) is 0 Å². The Kier molecular flexibility index (Phi) is 8.22. The summed E-state index contributed by atoms with van der Waals surface area (Å²) < 4.78 is 0. The third-order valence-corrected chi connectivity index (χ3v) is 4.55. The second-order valence-corrected chi connectivity index (χ2v) is 6.67. The van der Waals surface area contributed by atoms with Crippen molar-refractivity contribution in [1.82, 2.24) is 10.6 Å². The molecule has 0 spiro atoms. The number of nitrogens with one attached hydrogen (secondary N) is 2. The summed E-state index contributed by atoms with van der Waals surface area (Å²) in [7, 11) is 0. The van der Waals surface area contributed by atoms with E-state index >= 15 is 0 Å². The minimum atomic E-state index is -0.694. The summed E-state index contributed by atoms with van der Waals surface area (Å²) in [4.78, 5) is 25.2. The van der Waals surface area contributed by atoms with E-state index < -0.39 is 5.92 Å².